The van der Waals surface area contributed by atoms with Crippen molar-refractivity contribution in [1.29, 1.82) is 0 Å². The SMILES string of the molecule is CCOc1ccc2c(c1)C(=O)[C@@H](C(C)=NCCc1ccccc1)S2. The first-order valence-electron chi connectivity index (χ1n) is 8.21. The first-order valence-corrected chi connectivity index (χ1v) is 9.09. The summed E-state index contributed by atoms with van der Waals surface area (Å²) in [5.41, 5.74) is 2.92. The number of fused-ring (bicyclic) bond motifs is 1. The summed E-state index contributed by atoms with van der Waals surface area (Å²) in [4.78, 5) is 18.3. The van der Waals surface area contributed by atoms with E-state index in [2.05, 4.69) is 17.1 Å². The van der Waals surface area contributed by atoms with Crippen molar-refractivity contribution in [1.82, 2.24) is 0 Å². The lowest BCUT2D eigenvalue weighted by Gasteiger charge is -2.07. The Balaban J connectivity index is 1.67. The maximum absolute atomic E-state index is 12.7. The third kappa shape index (κ3) is 3.70. The van der Waals surface area contributed by atoms with Gasteiger partial charge in [-0.2, -0.15) is 0 Å². The highest BCUT2D eigenvalue weighted by Crippen LogP contribution is 2.39. The standard InChI is InChI=1S/C20H21NO2S/c1-3-23-16-9-10-18-17(13-16)19(22)20(24-18)14(2)21-12-11-15-7-5-4-6-8-15/h4-10,13,20H,3,11-12H2,1-2H3/t20-/m1/s1. The van der Waals surface area contributed by atoms with Gasteiger partial charge in [0.05, 0.1) is 6.61 Å². The van der Waals surface area contributed by atoms with Gasteiger partial charge in [-0.05, 0) is 44.0 Å². The van der Waals surface area contributed by atoms with Crippen molar-refractivity contribution in [2.45, 2.75) is 30.4 Å². The smallest absolute Gasteiger partial charge is 0.183 e. The van der Waals surface area contributed by atoms with Crippen molar-refractivity contribution in [3.05, 3.63) is 59.7 Å². The lowest BCUT2D eigenvalue weighted by molar-refractivity contribution is 0.101. The molecule has 0 amide bonds. The second kappa shape index (κ2) is 7.67. The molecular weight excluding hydrogens is 318 g/mol. The molecule has 0 aliphatic carbocycles. The Labute approximate surface area is 147 Å². The van der Waals surface area contributed by atoms with E-state index in [4.69, 9.17) is 4.74 Å². The van der Waals surface area contributed by atoms with Crippen LogP contribution in [0.5, 0.6) is 5.75 Å². The number of ether oxygens (including phenoxy) is 1. The zero-order chi connectivity index (χ0) is 16.9. The summed E-state index contributed by atoms with van der Waals surface area (Å²) in [7, 11) is 0. The van der Waals surface area contributed by atoms with E-state index in [9.17, 15) is 4.79 Å². The Hall–Kier alpha value is -2.07. The van der Waals surface area contributed by atoms with Gasteiger partial charge in [-0.3, -0.25) is 9.79 Å². The molecule has 1 aliphatic rings. The van der Waals surface area contributed by atoms with Crippen molar-refractivity contribution in [3.63, 3.8) is 0 Å². The van der Waals surface area contributed by atoms with E-state index in [0.29, 0.717) is 13.2 Å². The highest BCUT2D eigenvalue weighted by Gasteiger charge is 2.33. The Bertz CT molecular complexity index is 755. The van der Waals surface area contributed by atoms with Gasteiger partial charge >= 0.3 is 0 Å². The molecule has 0 saturated heterocycles. The fraction of sp³-hybridized carbons (Fsp3) is 0.300. The second-order valence-electron chi connectivity index (χ2n) is 5.71. The van der Waals surface area contributed by atoms with E-state index in [-0.39, 0.29) is 11.0 Å². The number of ketones is 1. The van der Waals surface area contributed by atoms with E-state index in [1.54, 1.807) is 11.8 Å². The van der Waals surface area contributed by atoms with E-state index in [0.717, 1.165) is 28.3 Å². The van der Waals surface area contributed by atoms with Gasteiger partial charge in [0.2, 0.25) is 0 Å². The number of Topliss-reactive ketones (excluding diaryl/α,β-unsaturated/α-hetero) is 1. The van der Waals surface area contributed by atoms with E-state index < -0.39 is 0 Å². The number of carbonyl (C=O) groups excluding carboxylic acids is 1. The molecule has 3 nitrogen and oxygen atoms in total. The van der Waals surface area contributed by atoms with Crippen LogP contribution in [0, 0.1) is 0 Å². The van der Waals surface area contributed by atoms with Gasteiger partial charge in [0, 0.05) is 22.7 Å². The predicted octanol–water partition coefficient (Wildman–Crippen LogP) is 4.45. The molecule has 24 heavy (non-hydrogen) atoms. The van der Waals surface area contributed by atoms with Gasteiger partial charge in [0.25, 0.3) is 0 Å². The van der Waals surface area contributed by atoms with Crippen LogP contribution in [0.1, 0.15) is 29.8 Å². The molecule has 0 unspecified atom stereocenters. The van der Waals surface area contributed by atoms with Crippen molar-refractivity contribution in [2.75, 3.05) is 13.2 Å². The van der Waals surface area contributed by atoms with Crippen LogP contribution in [-0.2, 0) is 6.42 Å². The molecule has 1 heterocycles. The minimum absolute atomic E-state index is 0.137. The summed E-state index contributed by atoms with van der Waals surface area (Å²) in [6.45, 7) is 5.20. The van der Waals surface area contributed by atoms with Crippen LogP contribution in [-0.4, -0.2) is 29.9 Å². The summed E-state index contributed by atoms with van der Waals surface area (Å²) in [5, 5.41) is -0.201. The van der Waals surface area contributed by atoms with Crippen molar-refractivity contribution >= 4 is 23.3 Å². The molecule has 1 aliphatic heterocycles. The molecule has 124 valence electrons. The van der Waals surface area contributed by atoms with Gasteiger partial charge in [-0.25, -0.2) is 0 Å². The van der Waals surface area contributed by atoms with Gasteiger partial charge in [0.15, 0.2) is 5.78 Å². The van der Waals surface area contributed by atoms with Crippen LogP contribution in [0.15, 0.2) is 58.4 Å². The van der Waals surface area contributed by atoms with E-state index in [1.165, 1.54) is 5.56 Å². The van der Waals surface area contributed by atoms with Crippen molar-refractivity contribution < 1.29 is 9.53 Å². The topological polar surface area (TPSA) is 38.7 Å². The molecule has 0 saturated carbocycles. The molecular formula is C20H21NO2S. The first kappa shape index (κ1) is 16.8. The van der Waals surface area contributed by atoms with E-state index in [1.807, 2.05) is 50.2 Å². The fourth-order valence-electron chi connectivity index (χ4n) is 2.75. The van der Waals surface area contributed by atoms with Crippen LogP contribution in [0.3, 0.4) is 0 Å². The molecule has 4 heteroatoms. The summed E-state index contributed by atoms with van der Waals surface area (Å²) in [6, 6.07) is 16.0. The van der Waals surface area contributed by atoms with Gasteiger partial charge in [0.1, 0.15) is 11.0 Å². The highest BCUT2D eigenvalue weighted by molar-refractivity contribution is 8.02. The Morgan fingerprint density at radius 1 is 1.21 bits per heavy atom. The number of carbonyl (C=O) groups is 1. The highest BCUT2D eigenvalue weighted by atomic mass is 32.2. The normalized spacial score (nSPS) is 17.0. The third-order valence-electron chi connectivity index (χ3n) is 3.99. The Morgan fingerprint density at radius 3 is 2.75 bits per heavy atom. The first-order chi connectivity index (χ1) is 11.7. The zero-order valence-corrected chi connectivity index (χ0v) is 14.8. The molecule has 1 atom stereocenters. The van der Waals surface area contributed by atoms with E-state index >= 15 is 0 Å². The second-order valence-corrected chi connectivity index (χ2v) is 6.86. The average molecular weight is 339 g/mol. The van der Waals surface area contributed by atoms with Gasteiger partial charge in [-0.15, -0.1) is 11.8 Å². The quantitative estimate of drug-likeness (QED) is 0.730. The lowest BCUT2D eigenvalue weighted by Crippen LogP contribution is -2.21. The molecule has 2 aromatic rings. The predicted molar refractivity (Wildman–Crippen MR) is 99.7 cm³/mol. The summed E-state index contributed by atoms with van der Waals surface area (Å²) in [5.74, 6) is 0.891. The molecule has 0 fully saturated rings. The van der Waals surface area contributed by atoms with Crippen molar-refractivity contribution in [3.8, 4) is 5.75 Å². The molecule has 3 rings (SSSR count). The monoisotopic (exact) mass is 339 g/mol. The molecule has 0 radical (unpaired) electrons. The number of hydrogen-bond acceptors (Lipinski definition) is 4. The van der Waals surface area contributed by atoms with Crippen LogP contribution < -0.4 is 4.74 Å². The number of benzene rings is 2. The Morgan fingerprint density at radius 2 is 2.00 bits per heavy atom. The average Bonchev–Trinajstić information content (AvgIpc) is 2.93. The summed E-state index contributed by atoms with van der Waals surface area (Å²) in [6.07, 6.45) is 0.894. The number of thioether (sulfide) groups is 1. The minimum Gasteiger partial charge on any atom is -0.494 e. The van der Waals surface area contributed by atoms with Gasteiger partial charge < -0.3 is 4.74 Å². The zero-order valence-electron chi connectivity index (χ0n) is 14.0. The van der Waals surface area contributed by atoms with Crippen LogP contribution >= 0.6 is 11.8 Å². The maximum Gasteiger partial charge on any atom is 0.183 e. The lowest BCUT2D eigenvalue weighted by atomic mass is 10.1. The molecule has 0 N–H and O–H groups in total. The largest absolute Gasteiger partial charge is 0.494 e. The third-order valence-corrected chi connectivity index (χ3v) is 5.40. The van der Waals surface area contributed by atoms with Crippen LogP contribution in [0.4, 0.5) is 0 Å². The number of aliphatic imine (C=N–C) groups is 1. The van der Waals surface area contributed by atoms with Crippen LogP contribution in [0.25, 0.3) is 0 Å². The number of hydrogen-bond donors (Lipinski definition) is 0. The maximum atomic E-state index is 12.7. The molecule has 2 aromatic carbocycles. The fourth-order valence-corrected chi connectivity index (χ4v) is 3.91. The number of rotatable bonds is 6. The summed E-state index contributed by atoms with van der Waals surface area (Å²) < 4.78 is 5.50. The van der Waals surface area contributed by atoms with Crippen LogP contribution in [0.2, 0.25) is 0 Å². The molecule has 0 spiro atoms. The minimum atomic E-state index is -0.201. The summed E-state index contributed by atoms with van der Waals surface area (Å²) >= 11 is 1.59. The van der Waals surface area contributed by atoms with Gasteiger partial charge in [-0.1, -0.05) is 30.3 Å². The number of nitrogens with zero attached hydrogens (tertiary/aromatic N) is 1. The Kier molecular flexibility index (Phi) is 5.36. The molecule has 0 bridgehead atoms. The molecule has 0 aromatic heterocycles. The van der Waals surface area contributed by atoms with Crippen molar-refractivity contribution in [2.24, 2.45) is 4.99 Å².